The van der Waals surface area contributed by atoms with E-state index in [1.165, 1.54) is 0 Å². The first-order valence-electron chi connectivity index (χ1n) is 7.15. The number of nitrogens with one attached hydrogen (secondary N) is 1. The molecule has 0 aliphatic carbocycles. The maximum Gasteiger partial charge on any atom is 0.261 e. The van der Waals surface area contributed by atoms with Crippen LogP contribution in [0.5, 0.6) is 5.88 Å². The van der Waals surface area contributed by atoms with Crippen molar-refractivity contribution < 1.29 is 14.3 Å². The second-order valence-electron chi connectivity index (χ2n) is 5.10. The Balaban J connectivity index is 1.78. The molecule has 1 fully saturated rings. The largest absolute Gasteiger partial charge is 0.471 e. The molecule has 3 heterocycles. The van der Waals surface area contributed by atoms with Gasteiger partial charge in [0.25, 0.3) is 5.91 Å². The average molecular weight is 299 g/mol. The molecule has 6 nitrogen and oxygen atoms in total. The molecular formula is C16H17N3O3. The minimum Gasteiger partial charge on any atom is -0.471 e. The zero-order chi connectivity index (χ0) is 15.4. The molecule has 1 aliphatic rings. The van der Waals surface area contributed by atoms with Crippen LogP contribution in [0.4, 0.5) is 5.69 Å². The van der Waals surface area contributed by atoms with E-state index in [4.69, 9.17) is 9.47 Å². The first-order chi connectivity index (χ1) is 10.7. The Morgan fingerprint density at radius 1 is 1.41 bits per heavy atom. The lowest BCUT2D eigenvalue weighted by molar-refractivity contribution is 0.101. The van der Waals surface area contributed by atoms with Gasteiger partial charge in [-0.15, -0.1) is 0 Å². The van der Waals surface area contributed by atoms with Crippen LogP contribution in [-0.2, 0) is 4.74 Å². The zero-order valence-corrected chi connectivity index (χ0v) is 12.3. The van der Waals surface area contributed by atoms with Crippen molar-refractivity contribution in [1.29, 1.82) is 0 Å². The van der Waals surface area contributed by atoms with Crippen molar-refractivity contribution in [3.63, 3.8) is 0 Å². The number of nitrogens with zero attached hydrogens (tertiary/aromatic N) is 2. The van der Waals surface area contributed by atoms with Crippen LogP contribution >= 0.6 is 0 Å². The minimum atomic E-state index is -0.266. The summed E-state index contributed by atoms with van der Waals surface area (Å²) >= 11 is 0. The lowest BCUT2D eigenvalue weighted by Gasteiger charge is -2.14. The molecule has 0 saturated carbocycles. The van der Waals surface area contributed by atoms with Crippen molar-refractivity contribution in [3.8, 4) is 5.88 Å². The molecular weight excluding hydrogens is 282 g/mol. The van der Waals surface area contributed by atoms with E-state index in [0.29, 0.717) is 30.3 Å². The fourth-order valence-corrected chi connectivity index (χ4v) is 2.21. The van der Waals surface area contributed by atoms with Gasteiger partial charge in [0.05, 0.1) is 25.1 Å². The number of aryl methyl sites for hydroxylation is 1. The third-order valence-electron chi connectivity index (χ3n) is 3.47. The van der Waals surface area contributed by atoms with E-state index in [-0.39, 0.29) is 12.0 Å². The lowest BCUT2D eigenvalue weighted by atomic mass is 10.2. The summed E-state index contributed by atoms with van der Waals surface area (Å²) in [4.78, 5) is 20.7. The van der Waals surface area contributed by atoms with Crippen molar-refractivity contribution in [2.24, 2.45) is 0 Å². The quantitative estimate of drug-likeness (QED) is 0.937. The predicted molar refractivity (Wildman–Crippen MR) is 81.0 cm³/mol. The predicted octanol–water partition coefficient (Wildman–Crippen LogP) is 2.21. The summed E-state index contributed by atoms with van der Waals surface area (Å²) < 4.78 is 11.1. The number of aromatic nitrogens is 2. The van der Waals surface area contributed by atoms with E-state index >= 15 is 0 Å². The first-order valence-corrected chi connectivity index (χ1v) is 7.15. The summed E-state index contributed by atoms with van der Waals surface area (Å²) in [7, 11) is 0. The van der Waals surface area contributed by atoms with Crippen LogP contribution in [0.25, 0.3) is 0 Å². The Bertz CT molecular complexity index is 669. The van der Waals surface area contributed by atoms with Crippen molar-refractivity contribution in [2.75, 3.05) is 18.5 Å². The van der Waals surface area contributed by atoms with Gasteiger partial charge in [-0.05, 0) is 30.7 Å². The lowest BCUT2D eigenvalue weighted by Crippen LogP contribution is -2.20. The molecule has 0 aromatic carbocycles. The standard InChI is InChI=1S/C16H17N3O3/c1-11-4-7-17-9-14(11)19-15(20)13-3-2-6-18-16(13)22-12-5-8-21-10-12/h2-4,6-7,9,12H,5,8,10H2,1H3,(H,19,20)/t12-/m0/s1. The van der Waals surface area contributed by atoms with Gasteiger partial charge in [-0.1, -0.05) is 0 Å². The SMILES string of the molecule is Cc1ccncc1NC(=O)c1cccnc1O[C@H]1CCOC1. The Hall–Kier alpha value is -2.47. The summed E-state index contributed by atoms with van der Waals surface area (Å²) in [6.07, 6.45) is 5.66. The van der Waals surface area contributed by atoms with Crippen LogP contribution in [0.1, 0.15) is 22.3 Å². The van der Waals surface area contributed by atoms with Crippen molar-refractivity contribution >= 4 is 11.6 Å². The molecule has 1 amide bonds. The van der Waals surface area contributed by atoms with Gasteiger partial charge in [-0.25, -0.2) is 4.98 Å². The molecule has 2 aromatic rings. The fraction of sp³-hybridized carbons (Fsp3) is 0.312. The van der Waals surface area contributed by atoms with Gasteiger partial charge in [0, 0.05) is 18.8 Å². The van der Waals surface area contributed by atoms with Crippen LogP contribution in [0, 0.1) is 6.92 Å². The van der Waals surface area contributed by atoms with E-state index in [0.717, 1.165) is 12.0 Å². The normalized spacial score (nSPS) is 17.2. The van der Waals surface area contributed by atoms with Gasteiger partial charge in [-0.3, -0.25) is 9.78 Å². The molecule has 6 heteroatoms. The number of anilines is 1. The van der Waals surface area contributed by atoms with Crippen LogP contribution < -0.4 is 10.1 Å². The van der Waals surface area contributed by atoms with Crippen LogP contribution in [-0.4, -0.2) is 35.2 Å². The monoisotopic (exact) mass is 299 g/mol. The van der Waals surface area contributed by atoms with E-state index < -0.39 is 0 Å². The molecule has 1 aliphatic heterocycles. The maximum absolute atomic E-state index is 12.5. The Morgan fingerprint density at radius 3 is 3.09 bits per heavy atom. The van der Waals surface area contributed by atoms with Gasteiger partial charge in [0.15, 0.2) is 0 Å². The second kappa shape index (κ2) is 6.53. The number of carbonyl (C=O) groups excluding carboxylic acids is 1. The Morgan fingerprint density at radius 2 is 2.32 bits per heavy atom. The van der Waals surface area contributed by atoms with Crippen LogP contribution in [0.2, 0.25) is 0 Å². The number of hydrogen-bond acceptors (Lipinski definition) is 5. The molecule has 1 N–H and O–H groups in total. The Labute approximate surface area is 128 Å². The molecule has 3 rings (SSSR count). The summed E-state index contributed by atoms with van der Waals surface area (Å²) in [6, 6.07) is 5.24. The molecule has 114 valence electrons. The Kier molecular flexibility index (Phi) is 4.29. The third-order valence-corrected chi connectivity index (χ3v) is 3.47. The highest BCUT2D eigenvalue weighted by atomic mass is 16.5. The highest BCUT2D eigenvalue weighted by Crippen LogP contribution is 2.21. The van der Waals surface area contributed by atoms with Gasteiger partial charge < -0.3 is 14.8 Å². The molecule has 0 unspecified atom stereocenters. The van der Waals surface area contributed by atoms with Crippen molar-refractivity contribution in [1.82, 2.24) is 9.97 Å². The second-order valence-corrected chi connectivity index (χ2v) is 5.10. The van der Waals surface area contributed by atoms with Crippen LogP contribution in [0.3, 0.4) is 0 Å². The number of hydrogen-bond donors (Lipinski definition) is 1. The molecule has 0 spiro atoms. The first kappa shape index (κ1) is 14.5. The number of amides is 1. The van der Waals surface area contributed by atoms with Crippen LogP contribution in [0.15, 0.2) is 36.8 Å². The molecule has 1 saturated heterocycles. The van der Waals surface area contributed by atoms with Gasteiger partial charge in [0.2, 0.25) is 5.88 Å². The number of rotatable bonds is 4. The van der Waals surface area contributed by atoms with E-state index in [2.05, 4.69) is 15.3 Å². The topological polar surface area (TPSA) is 73.3 Å². The highest BCUT2D eigenvalue weighted by Gasteiger charge is 2.21. The molecule has 0 bridgehead atoms. The van der Waals surface area contributed by atoms with Gasteiger partial charge in [0.1, 0.15) is 11.7 Å². The van der Waals surface area contributed by atoms with Crippen molar-refractivity contribution in [3.05, 3.63) is 47.9 Å². The molecule has 22 heavy (non-hydrogen) atoms. The summed E-state index contributed by atoms with van der Waals surface area (Å²) in [5.74, 6) is 0.0650. The summed E-state index contributed by atoms with van der Waals surface area (Å²) in [6.45, 7) is 3.11. The fourth-order valence-electron chi connectivity index (χ4n) is 2.21. The molecule has 0 radical (unpaired) electrons. The van der Waals surface area contributed by atoms with Crippen molar-refractivity contribution in [2.45, 2.75) is 19.4 Å². The molecule has 2 aromatic heterocycles. The molecule has 1 atom stereocenters. The number of carbonyl (C=O) groups is 1. The van der Waals surface area contributed by atoms with Gasteiger partial charge >= 0.3 is 0 Å². The smallest absolute Gasteiger partial charge is 0.261 e. The third kappa shape index (κ3) is 3.23. The van der Waals surface area contributed by atoms with Gasteiger partial charge in [-0.2, -0.15) is 0 Å². The highest BCUT2D eigenvalue weighted by molar-refractivity contribution is 6.06. The minimum absolute atomic E-state index is 0.0541. The average Bonchev–Trinajstić information content (AvgIpc) is 3.03. The van der Waals surface area contributed by atoms with E-state index in [1.54, 1.807) is 30.7 Å². The summed E-state index contributed by atoms with van der Waals surface area (Å²) in [5.41, 5.74) is 2.02. The zero-order valence-electron chi connectivity index (χ0n) is 12.3. The van der Waals surface area contributed by atoms with E-state index in [9.17, 15) is 4.79 Å². The van der Waals surface area contributed by atoms with E-state index in [1.807, 2.05) is 13.0 Å². The number of pyridine rings is 2. The maximum atomic E-state index is 12.5. The number of ether oxygens (including phenoxy) is 2. The summed E-state index contributed by atoms with van der Waals surface area (Å²) in [5, 5.41) is 2.84.